The molecule has 0 bridgehead atoms. The molecule has 2 aromatic rings. The first-order valence-corrected chi connectivity index (χ1v) is 5.87. The summed E-state index contributed by atoms with van der Waals surface area (Å²) in [4.78, 5) is 8.46. The van der Waals surface area contributed by atoms with Crippen LogP contribution in [0.4, 0.5) is 10.2 Å². The molecule has 0 unspecified atom stereocenters. The summed E-state index contributed by atoms with van der Waals surface area (Å²) < 4.78 is 18.6. The summed E-state index contributed by atoms with van der Waals surface area (Å²) in [6.07, 6.45) is 0. The summed E-state index contributed by atoms with van der Waals surface area (Å²) in [5.41, 5.74) is 2.45. The Morgan fingerprint density at radius 3 is 2.68 bits per heavy atom. The van der Waals surface area contributed by atoms with E-state index >= 15 is 0 Å². The van der Waals surface area contributed by atoms with Gasteiger partial charge in [0.15, 0.2) is 0 Å². The molecule has 0 aliphatic rings. The van der Waals surface area contributed by atoms with Crippen LogP contribution in [-0.2, 0) is 0 Å². The number of aromatic nitrogens is 2. The quantitative estimate of drug-likeness (QED) is 0.654. The summed E-state index contributed by atoms with van der Waals surface area (Å²) in [6.45, 7) is 3.92. The SMILES string of the molecule is CC(C)c1nc(NN)cc(Oc2cccc(F)c2)n1. The Kier molecular flexibility index (Phi) is 3.91. The number of benzene rings is 1. The highest BCUT2D eigenvalue weighted by Gasteiger charge is 2.09. The number of nitrogens with two attached hydrogens (primary N) is 1. The highest BCUT2D eigenvalue weighted by Crippen LogP contribution is 2.23. The first-order valence-electron chi connectivity index (χ1n) is 5.87. The van der Waals surface area contributed by atoms with Crippen molar-refractivity contribution in [3.63, 3.8) is 0 Å². The van der Waals surface area contributed by atoms with Crippen molar-refractivity contribution in [3.8, 4) is 11.6 Å². The molecule has 3 N–H and O–H groups in total. The van der Waals surface area contributed by atoms with Crippen LogP contribution in [0.2, 0.25) is 0 Å². The van der Waals surface area contributed by atoms with Gasteiger partial charge < -0.3 is 10.2 Å². The molecule has 0 amide bonds. The van der Waals surface area contributed by atoms with Crippen molar-refractivity contribution in [3.05, 3.63) is 42.0 Å². The number of nitrogens with one attached hydrogen (secondary N) is 1. The number of anilines is 1. The van der Waals surface area contributed by atoms with E-state index in [0.717, 1.165) is 0 Å². The van der Waals surface area contributed by atoms with Crippen LogP contribution < -0.4 is 16.0 Å². The Morgan fingerprint density at radius 1 is 1.26 bits per heavy atom. The molecule has 0 spiro atoms. The Hall–Kier alpha value is -2.21. The van der Waals surface area contributed by atoms with E-state index in [4.69, 9.17) is 10.6 Å². The molecule has 0 aliphatic carbocycles. The number of nitrogen functional groups attached to an aromatic ring is 1. The lowest BCUT2D eigenvalue weighted by Crippen LogP contribution is -2.11. The van der Waals surface area contributed by atoms with Gasteiger partial charge in [0.2, 0.25) is 5.88 Å². The highest BCUT2D eigenvalue weighted by atomic mass is 19.1. The topological polar surface area (TPSA) is 73.1 Å². The van der Waals surface area contributed by atoms with Crippen LogP contribution in [0, 0.1) is 5.82 Å². The first kappa shape index (κ1) is 13.2. The van der Waals surface area contributed by atoms with Crippen molar-refractivity contribution in [2.45, 2.75) is 19.8 Å². The second-order valence-corrected chi connectivity index (χ2v) is 4.31. The molecule has 100 valence electrons. The van der Waals surface area contributed by atoms with Gasteiger partial charge in [-0.25, -0.2) is 15.2 Å². The Labute approximate surface area is 110 Å². The molecule has 0 radical (unpaired) electrons. The maximum atomic E-state index is 13.1. The molecule has 0 fully saturated rings. The number of rotatable bonds is 4. The summed E-state index contributed by atoms with van der Waals surface area (Å²) in [7, 11) is 0. The maximum absolute atomic E-state index is 13.1. The molecule has 1 heterocycles. The van der Waals surface area contributed by atoms with Crippen LogP contribution in [0.15, 0.2) is 30.3 Å². The summed E-state index contributed by atoms with van der Waals surface area (Å²) in [5.74, 6) is 6.85. The molecule has 19 heavy (non-hydrogen) atoms. The number of hydrogen-bond acceptors (Lipinski definition) is 5. The minimum atomic E-state index is -0.368. The van der Waals surface area contributed by atoms with E-state index in [1.807, 2.05) is 13.8 Å². The zero-order chi connectivity index (χ0) is 13.8. The lowest BCUT2D eigenvalue weighted by Gasteiger charge is -2.10. The molecular formula is C13H15FN4O. The fourth-order valence-electron chi connectivity index (χ4n) is 1.48. The average Bonchev–Trinajstić information content (AvgIpc) is 2.38. The second-order valence-electron chi connectivity index (χ2n) is 4.31. The lowest BCUT2D eigenvalue weighted by atomic mass is 10.2. The van der Waals surface area contributed by atoms with E-state index in [0.29, 0.717) is 23.3 Å². The Bertz CT molecular complexity index is 574. The normalized spacial score (nSPS) is 10.6. The fourth-order valence-corrected chi connectivity index (χ4v) is 1.48. The van der Waals surface area contributed by atoms with Gasteiger partial charge >= 0.3 is 0 Å². The van der Waals surface area contributed by atoms with Crippen molar-refractivity contribution in [1.29, 1.82) is 0 Å². The van der Waals surface area contributed by atoms with E-state index in [1.54, 1.807) is 18.2 Å². The third-order valence-electron chi connectivity index (χ3n) is 2.40. The predicted molar refractivity (Wildman–Crippen MR) is 70.4 cm³/mol. The van der Waals surface area contributed by atoms with E-state index < -0.39 is 0 Å². The van der Waals surface area contributed by atoms with Gasteiger partial charge in [-0.1, -0.05) is 19.9 Å². The highest BCUT2D eigenvalue weighted by molar-refractivity contribution is 5.39. The number of nitrogens with zero attached hydrogens (tertiary/aromatic N) is 2. The van der Waals surface area contributed by atoms with E-state index in [9.17, 15) is 4.39 Å². The largest absolute Gasteiger partial charge is 0.439 e. The molecule has 0 saturated carbocycles. The molecule has 0 atom stereocenters. The van der Waals surface area contributed by atoms with Crippen LogP contribution in [0.5, 0.6) is 11.6 Å². The molecular weight excluding hydrogens is 247 g/mol. The van der Waals surface area contributed by atoms with Gasteiger partial charge in [0.05, 0.1) is 0 Å². The van der Waals surface area contributed by atoms with Gasteiger partial charge in [-0.05, 0) is 12.1 Å². The summed E-state index contributed by atoms with van der Waals surface area (Å²) >= 11 is 0. The van der Waals surface area contributed by atoms with Gasteiger partial charge in [0.25, 0.3) is 0 Å². The molecule has 1 aromatic heterocycles. The lowest BCUT2D eigenvalue weighted by molar-refractivity contribution is 0.453. The fraction of sp³-hybridized carbons (Fsp3) is 0.231. The summed E-state index contributed by atoms with van der Waals surface area (Å²) in [6, 6.07) is 7.40. The zero-order valence-corrected chi connectivity index (χ0v) is 10.7. The minimum Gasteiger partial charge on any atom is -0.439 e. The molecule has 1 aromatic carbocycles. The molecule has 2 rings (SSSR count). The molecule has 5 nitrogen and oxygen atoms in total. The van der Waals surface area contributed by atoms with Crippen LogP contribution >= 0.6 is 0 Å². The van der Waals surface area contributed by atoms with E-state index in [2.05, 4.69) is 15.4 Å². The average molecular weight is 262 g/mol. The van der Waals surface area contributed by atoms with Crippen molar-refractivity contribution >= 4 is 5.82 Å². The standard InChI is InChI=1S/C13H15FN4O/c1-8(2)13-16-11(18-15)7-12(17-13)19-10-5-3-4-9(14)6-10/h3-8H,15H2,1-2H3,(H,16,17,18). The van der Waals surface area contributed by atoms with Crippen molar-refractivity contribution in [2.24, 2.45) is 5.84 Å². The Balaban J connectivity index is 2.31. The number of hydrogen-bond donors (Lipinski definition) is 2. The third-order valence-corrected chi connectivity index (χ3v) is 2.40. The van der Waals surface area contributed by atoms with Crippen LogP contribution in [0.3, 0.4) is 0 Å². The number of ether oxygens (including phenoxy) is 1. The minimum absolute atomic E-state index is 0.128. The maximum Gasteiger partial charge on any atom is 0.224 e. The Morgan fingerprint density at radius 2 is 2.05 bits per heavy atom. The van der Waals surface area contributed by atoms with Gasteiger partial charge in [-0.2, -0.15) is 4.98 Å². The van der Waals surface area contributed by atoms with Gasteiger partial charge in [0, 0.05) is 18.1 Å². The molecule has 0 aliphatic heterocycles. The third kappa shape index (κ3) is 3.38. The van der Waals surface area contributed by atoms with Gasteiger partial charge in [-0.3, -0.25) is 0 Å². The van der Waals surface area contributed by atoms with Crippen molar-refractivity contribution in [2.75, 3.05) is 5.43 Å². The van der Waals surface area contributed by atoms with Gasteiger partial charge in [0.1, 0.15) is 23.2 Å². The summed E-state index contributed by atoms with van der Waals surface area (Å²) in [5, 5.41) is 0. The van der Waals surface area contributed by atoms with Gasteiger partial charge in [-0.15, -0.1) is 0 Å². The van der Waals surface area contributed by atoms with Crippen LogP contribution in [0.25, 0.3) is 0 Å². The van der Waals surface area contributed by atoms with E-state index in [-0.39, 0.29) is 11.7 Å². The number of hydrazine groups is 1. The van der Waals surface area contributed by atoms with Crippen molar-refractivity contribution in [1.82, 2.24) is 9.97 Å². The van der Waals surface area contributed by atoms with E-state index in [1.165, 1.54) is 12.1 Å². The second kappa shape index (κ2) is 5.62. The zero-order valence-electron chi connectivity index (χ0n) is 10.7. The molecule has 0 saturated heterocycles. The smallest absolute Gasteiger partial charge is 0.224 e. The predicted octanol–water partition coefficient (Wildman–Crippen LogP) is 2.82. The number of halogens is 1. The van der Waals surface area contributed by atoms with Crippen LogP contribution in [0.1, 0.15) is 25.6 Å². The first-order chi connectivity index (χ1) is 9.08. The van der Waals surface area contributed by atoms with Crippen molar-refractivity contribution < 1.29 is 9.13 Å². The van der Waals surface area contributed by atoms with Crippen LogP contribution in [-0.4, -0.2) is 9.97 Å². The molecule has 6 heteroatoms. The monoisotopic (exact) mass is 262 g/mol.